The number of fused-ring (bicyclic) bond motifs is 1. The van der Waals surface area contributed by atoms with Crippen LogP contribution in [-0.4, -0.2) is 120 Å². The van der Waals surface area contributed by atoms with Gasteiger partial charge in [0.1, 0.15) is 31.0 Å². The zero-order valence-electron chi connectivity index (χ0n) is 29.6. The number of thiazole rings is 1. The highest BCUT2D eigenvalue weighted by Gasteiger charge is 2.45. The molecule has 0 spiro atoms. The van der Waals surface area contributed by atoms with Crippen molar-refractivity contribution in [2.24, 2.45) is 5.92 Å². The number of hydrogen-bond donors (Lipinski definition) is 3. The second kappa shape index (κ2) is 18.4. The lowest BCUT2D eigenvalue weighted by molar-refractivity contribution is -0.143. The predicted octanol–water partition coefficient (Wildman–Crippen LogP) is 2.89. The first-order valence-corrected chi connectivity index (χ1v) is 18.2. The number of aliphatic hydroxyl groups is 1. The number of amides is 3. The Morgan fingerprint density at radius 2 is 1.73 bits per heavy atom. The molecule has 1 aromatic heterocycles. The molecule has 3 atom stereocenters. The fraction of sp³-hybridized carbons (Fsp3) is 0.486. The maximum atomic E-state index is 14.1. The van der Waals surface area contributed by atoms with E-state index in [1.165, 1.54) is 16.2 Å². The molecule has 0 aliphatic carbocycles. The Bertz CT molecular complexity index is 1710. The maximum Gasteiger partial charge on any atom is 0.329 e. The Morgan fingerprint density at radius 3 is 2.40 bits per heavy atom. The minimum Gasteiger partial charge on any atom is -0.491 e. The fourth-order valence-corrected chi connectivity index (χ4v) is 7.22. The number of aliphatic carboxylic acids is 1. The second-order valence-corrected chi connectivity index (χ2v) is 13.9. The first-order valence-electron chi connectivity index (χ1n) is 17.3. The van der Waals surface area contributed by atoms with Gasteiger partial charge in [0.2, 0.25) is 11.8 Å². The van der Waals surface area contributed by atoms with Gasteiger partial charge in [-0.1, -0.05) is 44.2 Å². The lowest BCUT2D eigenvalue weighted by Gasteiger charge is -2.35. The number of aryl methyl sites for hydroxylation is 1. The Kier molecular flexibility index (Phi) is 13.7. The van der Waals surface area contributed by atoms with E-state index in [1.807, 2.05) is 51.1 Å². The molecular formula is C37H46N4O10S. The number of aromatic nitrogens is 1. The molecule has 2 aliphatic rings. The highest BCUT2D eigenvalue weighted by atomic mass is 32.1. The van der Waals surface area contributed by atoms with Gasteiger partial charge in [0, 0.05) is 37.2 Å². The highest BCUT2D eigenvalue weighted by Crippen LogP contribution is 2.33. The van der Waals surface area contributed by atoms with E-state index in [0.717, 1.165) is 21.7 Å². The van der Waals surface area contributed by atoms with E-state index >= 15 is 0 Å². The van der Waals surface area contributed by atoms with Gasteiger partial charge in [-0.15, -0.1) is 11.3 Å². The summed E-state index contributed by atoms with van der Waals surface area (Å²) >= 11 is 1.51. The molecule has 1 fully saturated rings. The number of carboxylic acid groups (broad SMARTS) is 1. The van der Waals surface area contributed by atoms with Gasteiger partial charge in [0.05, 0.1) is 55.2 Å². The van der Waals surface area contributed by atoms with Crippen molar-refractivity contribution in [3.05, 3.63) is 70.4 Å². The van der Waals surface area contributed by atoms with Crippen LogP contribution in [0.25, 0.3) is 10.4 Å². The standard InChI is InChI=1S/C37H46N4O10S/c1-23(2)33(41-19-27-6-4-5-7-29(27)36(41)46)37(47)40-20-28(42)17-30(40)35(45)38-18-26-9-8-25(34-24(3)39-22-52-34)16-31(26)51-15-14-49-11-10-48-12-13-50-21-32(43)44/h4-9,16,22-23,28,30,33,42H,10-15,17-21H2,1-3H3,(H,38,45)(H,43,44)/t28-,30+,33+/m1/s1. The van der Waals surface area contributed by atoms with Crippen LogP contribution in [0.5, 0.6) is 5.75 Å². The zero-order chi connectivity index (χ0) is 37.2. The van der Waals surface area contributed by atoms with Crippen LogP contribution in [0.15, 0.2) is 48.0 Å². The number of nitrogens with zero attached hydrogens (tertiary/aromatic N) is 3. The molecule has 0 bridgehead atoms. The van der Waals surface area contributed by atoms with E-state index in [9.17, 15) is 24.3 Å². The number of likely N-dealkylation sites (tertiary alicyclic amines) is 1. The third kappa shape index (κ3) is 9.72. The van der Waals surface area contributed by atoms with Crippen molar-refractivity contribution in [1.29, 1.82) is 0 Å². The van der Waals surface area contributed by atoms with Crippen molar-refractivity contribution in [2.45, 2.75) is 58.5 Å². The van der Waals surface area contributed by atoms with E-state index < -0.39 is 30.1 Å². The second-order valence-electron chi connectivity index (χ2n) is 13.0. The first-order chi connectivity index (χ1) is 25.0. The molecule has 3 amide bonds. The number of aliphatic hydroxyl groups excluding tert-OH is 1. The summed E-state index contributed by atoms with van der Waals surface area (Å²) < 4.78 is 22.1. The molecule has 15 heteroatoms. The number of rotatable bonds is 19. The number of nitrogens with one attached hydrogen (secondary N) is 1. The van der Waals surface area contributed by atoms with E-state index in [2.05, 4.69) is 10.3 Å². The summed E-state index contributed by atoms with van der Waals surface area (Å²) in [6.45, 7) is 7.26. The van der Waals surface area contributed by atoms with Crippen molar-refractivity contribution in [1.82, 2.24) is 20.1 Å². The minimum absolute atomic E-state index is 0.00405. The number of carbonyl (C=O) groups is 4. The van der Waals surface area contributed by atoms with Crippen LogP contribution >= 0.6 is 11.3 Å². The van der Waals surface area contributed by atoms with Crippen LogP contribution in [-0.2, 0) is 41.7 Å². The third-order valence-electron chi connectivity index (χ3n) is 8.92. The van der Waals surface area contributed by atoms with Crippen LogP contribution in [0.2, 0.25) is 0 Å². The summed E-state index contributed by atoms with van der Waals surface area (Å²) in [4.78, 5) is 60.0. The van der Waals surface area contributed by atoms with Crippen molar-refractivity contribution < 1.29 is 48.3 Å². The molecule has 1 saturated heterocycles. The van der Waals surface area contributed by atoms with E-state index in [4.69, 9.17) is 24.1 Å². The molecular weight excluding hydrogens is 692 g/mol. The van der Waals surface area contributed by atoms with Crippen LogP contribution in [0.4, 0.5) is 0 Å². The Morgan fingerprint density at radius 1 is 1.02 bits per heavy atom. The molecule has 0 unspecified atom stereocenters. The summed E-state index contributed by atoms with van der Waals surface area (Å²) in [7, 11) is 0. The number of β-amino-alcohol motifs (C(OH)–C–C–N with tert-alkyl or cyclic N) is 1. The van der Waals surface area contributed by atoms with Gasteiger partial charge in [-0.05, 0) is 36.1 Å². The smallest absolute Gasteiger partial charge is 0.329 e. The molecule has 0 radical (unpaired) electrons. The lowest BCUT2D eigenvalue weighted by Crippen LogP contribution is -2.55. The first kappa shape index (κ1) is 38.8. The van der Waals surface area contributed by atoms with Gasteiger partial charge in [-0.2, -0.15) is 0 Å². The Balaban J connectivity index is 1.20. The maximum absolute atomic E-state index is 14.1. The van der Waals surface area contributed by atoms with Gasteiger partial charge in [-0.25, -0.2) is 9.78 Å². The number of hydrogen-bond acceptors (Lipinski definition) is 11. The lowest BCUT2D eigenvalue weighted by atomic mass is 10.0. The van der Waals surface area contributed by atoms with Gasteiger partial charge in [-0.3, -0.25) is 14.4 Å². The van der Waals surface area contributed by atoms with Crippen LogP contribution < -0.4 is 10.1 Å². The molecule has 0 saturated carbocycles. The quantitative estimate of drug-likeness (QED) is 0.154. The molecule has 2 aliphatic heterocycles. The topological polar surface area (TPSA) is 177 Å². The molecule has 280 valence electrons. The normalized spacial score (nSPS) is 17.4. The number of carbonyl (C=O) groups excluding carboxylic acids is 3. The molecule has 2 aromatic carbocycles. The van der Waals surface area contributed by atoms with Crippen LogP contribution in [0, 0.1) is 12.8 Å². The van der Waals surface area contributed by atoms with Crippen LogP contribution in [0.3, 0.4) is 0 Å². The monoisotopic (exact) mass is 738 g/mol. The minimum atomic E-state index is -1.03. The number of carboxylic acids is 1. The van der Waals surface area contributed by atoms with Gasteiger partial charge in [0.15, 0.2) is 0 Å². The molecule has 5 rings (SSSR count). The molecule has 14 nitrogen and oxygen atoms in total. The van der Waals surface area contributed by atoms with Crippen molar-refractivity contribution in [2.75, 3.05) is 52.8 Å². The third-order valence-corrected chi connectivity index (χ3v) is 9.89. The van der Waals surface area contributed by atoms with Gasteiger partial charge in [0.25, 0.3) is 5.91 Å². The van der Waals surface area contributed by atoms with Gasteiger partial charge >= 0.3 is 5.97 Å². The molecule has 52 heavy (non-hydrogen) atoms. The average molecular weight is 739 g/mol. The summed E-state index contributed by atoms with van der Waals surface area (Å²) in [6, 6.07) is 11.3. The highest BCUT2D eigenvalue weighted by molar-refractivity contribution is 7.13. The number of benzene rings is 2. The average Bonchev–Trinajstić information content (AvgIpc) is 3.82. The van der Waals surface area contributed by atoms with Crippen LogP contribution in [0.1, 0.15) is 47.4 Å². The van der Waals surface area contributed by atoms with E-state index in [1.54, 1.807) is 22.5 Å². The van der Waals surface area contributed by atoms with Crippen molar-refractivity contribution in [3.63, 3.8) is 0 Å². The summed E-state index contributed by atoms with van der Waals surface area (Å²) in [6.07, 6.45) is -0.796. The Labute approximate surface area is 306 Å². The zero-order valence-corrected chi connectivity index (χ0v) is 30.4. The van der Waals surface area contributed by atoms with E-state index in [0.29, 0.717) is 36.6 Å². The summed E-state index contributed by atoms with van der Waals surface area (Å²) in [5.41, 5.74) is 5.72. The van der Waals surface area contributed by atoms with Crippen molar-refractivity contribution >= 4 is 35.0 Å². The predicted molar refractivity (Wildman–Crippen MR) is 191 cm³/mol. The Hall–Kier alpha value is -4.41. The molecule has 3 N–H and O–H groups in total. The van der Waals surface area contributed by atoms with Crippen molar-refractivity contribution in [3.8, 4) is 16.2 Å². The number of ether oxygens (including phenoxy) is 4. The molecule has 3 heterocycles. The summed E-state index contributed by atoms with van der Waals surface area (Å²) in [5, 5.41) is 22.2. The molecule has 3 aromatic rings. The largest absolute Gasteiger partial charge is 0.491 e. The fourth-order valence-electron chi connectivity index (χ4n) is 6.42. The SMILES string of the molecule is Cc1ncsc1-c1ccc(CNC(=O)[C@@H]2C[C@@H](O)CN2C(=O)[C@H](C(C)C)N2Cc3ccccc3C2=O)c(OCCOCCOCCOCC(=O)O)c1. The van der Waals surface area contributed by atoms with E-state index in [-0.39, 0.29) is 70.3 Å². The van der Waals surface area contributed by atoms with Gasteiger partial charge < -0.3 is 44.3 Å². The summed E-state index contributed by atoms with van der Waals surface area (Å²) in [5.74, 6) is -1.70.